The van der Waals surface area contributed by atoms with Crippen LogP contribution in [0.1, 0.15) is 46.0 Å². The van der Waals surface area contributed by atoms with Crippen molar-refractivity contribution < 1.29 is 14.7 Å². The first kappa shape index (κ1) is 15.1. The molecule has 0 aromatic carbocycles. The van der Waals surface area contributed by atoms with E-state index in [2.05, 4.69) is 13.8 Å². The normalized spacial score (nSPS) is 30.6. The minimum atomic E-state index is -0.742. The van der Waals surface area contributed by atoms with E-state index < -0.39 is 5.97 Å². The molecule has 0 spiro atoms. The summed E-state index contributed by atoms with van der Waals surface area (Å²) in [5, 5.41) is 8.72. The second-order valence-corrected chi connectivity index (χ2v) is 6.49. The first-order valence-corrected chi connectivity index (χ1v) is 7.74. The summed E-state index contributed by atoms with van der Waals surface area (Å²) in [6, 6.07) is 0.478. The zero-order valence-electron chi connectivity index (χ0n) is 12.5. The number of aliphatic carboxylic acids is 1. The molecule has 114 valence electrons. The van der Waals surface area contributed by atoms with Gasteiger partial charge in [-0.3, -0.25) is 4.79 Å². The van der Waals surface area contributed by atoms with Crippen molar-refractivity contribution in [2.24, 2.45) is 11.8 Å². The van der Waals surface area contributed by atoms with Gasteiger partial charge in [-0.25, -0.2) is 4.79 Å². The number of hydrogen-bond acceptors (Lipinski definition) is 2. The molecule has 0 aromatic heterocycles. The van der Waals surface area contributed by atoms with Gasteiger partial charge >= 0.3 is 12.0 Å². The number of carboxylic acids is 1. The van der Waals surface area contributed by atoms with Crippen LogP contribution >= 0.6 is 0 Å². The van der Waals surface area contributed by atoms with Crippen molar-refractivity contribution in [3.8, 4) is 0 Å². The molecule has 2 rings (SSSR count). The number of rotatable bonds is 3. The van der Waals surface area contributed by atoms with Gasteiger partial charge in [-0.1, -0.05) is 6.92 Å². The first-order valence-electron chi connectivity index (χ1n) is 7.74. The summed E-state index contributed by atoms with van der Waals surface area (Å²) in [7, 11) is 0. The highest BCUT2D eigenvalue weighted by Crippen LogP contribution is 2.26. The van der Waals surface area contributed by atoms with Crippen molar-refractivity contribution in [2.45, 2.75) is 52.0 Å². The van der Waals surface area contributed by atoms with Gasteiger partial charge in [0.2, 0.25) is 0 Å². The quantitative estimate of drug-likeness (QED) is 0.864. The molecular formula is C15H26N2O3. The van der Waals surface area contributed by atoms with Gasteiger partial charge in [0.05, 0.1) is 0 Å². The summed E-state index contributed by atoms with van der Waals surface area (Å²) in [4.78, 5) is 27.1. The number of carbonyl (C=O) groups excluding carboxylic acids is 1. The average molecular weight is 282 g/mol. The number of urea groups is 1. The Morgan fingerprint density at radius 3 is 2.60 bits per heavy atom. The van der Waals surface area contributed by atoms with E-state index in [0.717, 1.165) is 38.9 Å². The molecule has 0 radical (unpaired) electrons. The summed E-state index contributed by atoms with van der Waals surface area (Å²) < 4.78 is 0. The monoisotopic (exact) mass is 282 g/mol. The third-order valence-electron chi connectivity index (χ3n) is 4.71. The molecular weight excluding hydrogens is 256 g/mol. The standard InChI is InChI=1S/C15H26N2O3/c1-11-5-8-17(12(2)9-11)15(20)16-7-6-13(10-16)3-4-14(18)19/h11-13H,3-10H2,1-2H3,(H,18,19). The number of piperidine rings is 1. The lowest BCUT2D eigenvalue weighted by Crippen LogP contribution is -2.49. The molecule has 1 N–H and O–H groups in total. The predicted molar refractivity (Wildman–Crippen MR) is 76.5 cm³/mol. The SMILES string of the molecule is CC1CCN(C(=O)N2CCC(CCC(=O)O)C2)C(C)C1. The number of nitrogens with zero attached hydrogens (tertiary/aromatic N) is 2. The highest BCUT2D eigenvalue weighted by molar-refractivity contribution is 5.75. The van der Waals surface area contributed by atoms with E-state index in [-0.39, 0.29) is 12.5 Å². The van der Waals surface area contributed by atoms with Gasteiger partial charge in [0.25, 0.3) is 0 Å². The van der Waals surface area contributed by atoms with Crippen molar-refractivity contribution in [3.05, 3.63) is 0 Å². The number of likely N-dealkylation sites (tertiary alicyclic amines) is 2. The largest absolute Gasteiger partial charge is 0.481 e. The summed E-state index contributed by atoms with van der Waals surface area (Å²) >= 11 is 0. The van der Waals surface area contributed by atoms with Crippen molar-refractivity contribution in [3.63, 3.8) is 0 Å². The van der Waals surface area contributed by atoms with Crippen LogP contribution in [-0.2, 0) is 4.79 Å². The summed E-state index contributed by atoms with van der Waals surface area (Å²) in [6.07, 6.45) is 4.02. The molecule has 0 bridgehead atoms. The number of hydrogen-bond donors (Lipinski definition) is 1. The summed E-state index contributed by atoms with van der Waals surface area (Å²) in [6.45, 7) is 6.74. The molecule has 3 unspecified atom stereocenters. The maximum absolute atomic E-state index is 12.5. The summed E-state index contributed by atoms with van der Waals surface area (Å²) in [5.41, 5.74) is 0. The van der Waals surface area contributed by atoms with Crippen LogP contribution < -0.4 is 0 Å². The van der Waals surface area contributed by atoms with E-state index in [1.807, 2.05) is 9.80 Å². The Hall–Kier alpha value is -1.26. The lowest BCUT2D eigenvalue weighted by molar-refractivity contribution is -0.137. The Bertz CT molecular complexity index is 372. The van der Waals surface area contributed by atoms with Gasteiger partial charge in [0.1, 0.15) is 0 Å². The minimum absolute atomic E-state index is 0.155. The highest BCUT2D eigenvalue weighted by atomic mass is 16.4. The van der Waals surface area contributed by atoms with Crippen LogP contribution in [0, 0.1) is 11.8 Å². The average Bonchev–Trinajstić information content (AvgIpc) is 2.84. The Balaban J connectivity index is 1.83. The number of carboxylic acid groups (broad SMARTS) is 1. The first-order chi connectivity index (χ1) is 9.47. The van der Waals surface area contributed by atoms with Gasteiger partial charge in [0.15, 0.2) is 0 Å². The van der Waals surface area contributed by atoms with Gasteiger partial charge in [-0.15, -0.1) is 0 Å². The topological polar surface area (TPSA) is 60.9 Å². The van der Waals surface area contributed by atoms with Crippen molar-refractivity contribution in [2.75, 3.05) is 19.6 Å². The third-order valence-corrected chi connectivity index (χ3v) is 4.71. The molecule has 2 saturated heterocycles. The Morgan fingerprint density at radius 2 is 1.95 bits per heavy atom. The van der Waals surface area contributed by atoms with E-state index in [1.165, 1.54) is 0 Å². The second-order valence-electron chi connectivity index (χ2n) is 6.49. The van der Waals surface area contributed by atoms with Crippen molar-refractivity contribution in [1.29, 1.82) is 0 Å². The molecule has 3 atom stereocenters. The van der Waals surface area contributed by atoms with Crippen LogP contribution in [0.3, 0.4) is 0 Å². The van der Waals surface area contributed by atoms with E-state index in [0.29, 0.717) is 24.3 Å². The Morgan fingerprint density at radius 1 is 1.20 bits per heavy atom. The van der Waals surface area contributed by atoms with E-state index >= 15 is 0 Å². The maximum atomic E-state index is 12.5. The zero-order valence-corrected chi connectivity index (χ0v) is 12.5. The third kappa shape index (κ3) is 3.64. The van der Waals surface area contributed by atoms with E-state index in [1.54, 1.807) is 0 Å². The zero-order chi connectivity index (χ0) is 14.7. The van der Waals surface area contributed by atoms with Crippen LogP contribution in [0.15, 0.2) is 0 Å². The molecule has 20 heavy (non-hydrogen) atoms. The van der Waals surface area contributed by atoms with Gasteiger partial charge in [-0.05, 0) is 44.4 Å². The van der Waals surface area contributed by atoms with Crippen molar-refractivity contribution >= 4 is 12.0 Å². The van der Waals surface area contributed by atoms with E-state index in [4.69, 9.17) is 5.11 Å². The van der Waals surface area contributed by atoms with Gasteiger partial charge in [-0.2, -0.15) is 0 Å². The molecule has 0 saturated carbocycles. The highest BCUT2D eigenvalue weighted by Gasteiger charge is 2.33. The maximum Gasteiger partial charge on any atom is 0.320 e. The lowest BCUT2D eigenvalue weighted by atomic mass is 9.94. The van der Waals surface area contributed by atoms with Crippen LogP contribution in [0.25, 0.3) is 0 Å². The summed E-state index contributed by atoms with van der Waals surface area (Å²) in [5.74, 6) is 0.318. The fourth-order valence-corrected chi connectivity index (χ4v) is 3.44. The molecule has 2 amide bonds. The predicted octanol–water partition coefficient (Wildman–Crippen LogP) is 2.41. The van der Waals surface area contributed by atoms with Crippen molar-refractivity contribution in [1.82, 2.24) is 9.80 Å². The van der Waals surface area contributed by atoms with Gasteiger partial charge < -0.3 is 14.9 Å². The second kappa shape index (κ2) is 6.46. The van der Waals surface area contributed by atoms with Crippen LogP contribution in [0.4, 0.5) is 4.79 Å². The minimum Gasteiger partial charge on any atom is -0.481 e. The fraction of sp³-hybridized carbons (Fsp3) is 0.867. The van der Waals surface area contributed by atoms with E-state index in [9.17, 15) is 9.59 Å². The smallest absolute Gasteiger partial charge is 0.320 e. The molecule has 2 fully saturated rings. The molecule has 2 aliphatic heterocycles. The lowest BCUT2D eigenvalue weighted by Gasteiger charge is -2.38. The molecule has 0 aromatic rings. The molecule has 2 heterocycles. The van der Waals surface area contributed by atoms with Crippen LogP contribution in [0.5, 0.6) is 0 Å². The van der Waals surface area contributed by atoms with Crippen LogP contribution in [0.2, 0.25) is 0 Å². The van der Waals surface area contributed by atoms with Crippen LogP contribution in [-0.4, -0.2) is 52.6 Å². The number of carbonyl (C=O) groups is 2. The molecule has 5 nitrogen and oxygen atoms in total. The Kier molecular flexibility index (Phi) is 4.89. The van der Waals surface area contributed by atoms with Gasteiger partial charge in [0, 0.05) is 32.1 Å². The Labute approximate surface area is 120 Å². The number of amides is 2. The molecule has 5 heteroatoms. The molecule has 2 aliphatic rings. The fourth-order valence-electron chi connectivity index (χ4n) is 3.44. The molecule has 0 aliphatic carbocycles.